The van der Waals surface area contributed by atoms with Crippen LogP contribution >= 0.6 is 11.8 Å². The maximum atomic E-state index is 9.45. The minimum absolute atomic E-state index is 0.0715. The van der Waals surface area contributed by atoms with Crippen molar-refractivity contribution in [1.29, 1.82) is 0 Å². The zero-order valence-electron chi connectivity index (χ0n) is 5.92. The van der Waals surface area contributed by atoms with Crippen molar-refractivity contribution in [2.75, 3.05) is 18.1 Å². The number of hydrogen-bond acceptors (Lipinski definition) is 3. The molecule has 3 atom stereocenters. The Kier molecular flexibility index (Phi) is 1.89. The molecule has 0 aliphatic carbocycles. The molecule has 0 aromatic heterocycles. The summed E-state index contributed by atoms with van der Waals surface area (Å²) >= 11 is 1.98. The van der Waals surface area contributed by atoms with Crippen molar-refractivity contribution >= 4 is 11.8 Å². The topological polar surface area (TPSA) is 32.3 Å². The van der Waals surface area contributed by atoms with E-state index in [9.17, 15) is 5.11 Å². The van der Waals surface area contributed by atoms with Gasteiger partial charge in [-0.3, -0.25) is 0 Å². The normalized spacial score (nSPS) is 47.1. The van der Waals surface area contributed by atoms with Gasteiger partial charge in [-0.15, -0.1) is 0 Å². The van der Waals surface area contributed by atoms with Crippen molar-refractivity contribution in [2.45, 2.75) is 18.6 Å². The SMILES string of the molecule is OC1CNC2CCSCC12. The molecule has 3 heteroatoms. The fourth-order valence-electron chi connectivity index (χ4n) is 1.82. The van der Waals surface area contributed by atoms with Crippen LogP contribution in [0.3, 0.4) is 0 Å². The van der Waals surface area contributed by atoms with Crippen LogP contribution in [0, 0.1) is 5.92 Å². The Balaban J connectivity index is 2.01. The maximum absolute atomic E-state index is 9.45. The van der Waals surface area contributed by atoms with E-state index >= 15 is 0 Å². The van der Waals surface area contributed by atoms with Gasteiger partial charge in [0.25, 0.3) is 0 Å². The van der Waals surface area contributed by atoms with E-state index in [2.05, 4.69) is 5.32 Å². The highest BCUT2D eigenvalue weighted by Gasteiger charge is 2.36. The lowest BCUT2D eigenvalue weighted by molar-refractivity contribution is 0.148. The van der Waals surface area contributed by atoms with Crippen molar-refractivity contribution in [3.8, 4) is 0 Å². The summed E-state index contributed by atoms with van der Waals surface area (Å²) in [7, 11) is 0. The van der Waals surface area contributed by atoms with Crippen LogP contribution < -0.4 is 5.32 Å². The lowest BCUT2D eigenvalue weighted by atomic mass is 9.98. The second kappa shape index (κ2) is 2.72. The van der Waals surface area contributed by atoms with Crippen LogP contribution in [0.2, 0.25) is 0 Å². The summed E-state index contributed by atoms with van der Waals surface area (Å²) in [6.45, 7) is 0.815. The van der Waals surface area contributed by atoms with Gasteiger partial charge in [0.1, 0.15) is 0 Å². The molecule has 2 saturated heterocycles. The first kappa shape index (κ1) is 6.95. The van der Waals surface area contributed by atoms with E-state index in [1.165, 1.54) is 12.2 Å². The van der Waals surface area contributed by atoms with E-state index in [-0.39, 0.29) is 6.10 Å². The van der Waals surface area contributed by atoms with Gasteiger partial charge >= 0.3 is 0 Å². The first-order valence-electron chi connectivity index (χ1n) is 3.87. The van der Waals surface area contributed by atoms with Crippen LogP contribution in [-0.2, 0) is 0 Å². The third-order valence-electron chi connectivity index (χ3n) is 2.48. The van der Waals surface area contributed by atoms with Gasteiger partial charge in [-0.1, -0.05) is 0 Å². The summed E-state index contributed by atoms with van der Waals surface area (Å²) in [5.41, 5.74) is 0. The Bertz CT molecular complexity index is 129. The molecule has 2 rings (SSSR count). The van der Waals surface area contributed by atoms with Crippen molar-refractivity contribution < 1.29 is 5.11 Å². The molecule has 0 spiro atoms. The van der Waals surface area contributed by atoms with Gasteiger partial charge in [0, 0.05) is 24.3 Å². The number of hydrogen-bond donors (Lipinski definition) is 2. The molecule has 0 aromatic rings. The Labute approximate surface area is 65.4 Å². The molecule has 10 heavy (non-hydrogen) atoms. The number of fused-ring (bicyclic) bond motifs is 1. The summed E-state index contributed by atoms with van der Waals surface area (Å²) in [4.78, 5) is 0. The van der Waals surface area contributed by atoms with Crippen molar-refractivity contribution in [1.82, 2.24) is 5.32 Å². The predicted molar refractivity (Wildman–Crippen MR) is 43.2 cm³/mol. The molecule has 2 heterocycles. The zero-order valence-corrected chi connectivity index (χ0v) is 6.73. The minimum atomic E-state index is -0.0715. The molecular weight excluding hydrogens is 146 g/mol. The van der Waals surface area contributed by atoms with Crippen molar-refractivity contribution in [3.05, 3.63) is 0 Å². The molecular formula is C7H13NOS. The van der Waals surface area contributed by atoms with Crippen LogP contribution in [0.5, 0.6) is 0 Å². The second-order valence-corrected chi connectivity index (χ2v) is 4.26. The quantitative estimate of drug-likeness (QED) is 0.525. The summed E-state index contributed by atoms with van der Waals surface area (Å²) in [5, 5.41) is 12.8. The second-order valence-electron chi connectivity index (χ2n) is 3.11. The van der Waals surface area contributed by atoms with Crippen LogP contribution in [-0.4, -0.2) is 35.3 Å². The maximum Gasteiger partial charge on any atom is 0.0715 e. The summed E-state index contributed by atoms with van der Waals surface area (Å²) in [6, 6.07) is 0.622. The van der Waals surface area contributed by atoms with Crippen LogP contribution in [0.15, 0.2) is 0 Å². The van der Waals surface area contributed by atoms with E-state index in [0.29, 0.717) is 12.0 Å². The highest BCUT2D eigenvalue weighted by Crippen LogP contribution is 2.29. The first-order valence-corrected chi connectivity index (χ1v) is 5.02. The standard InChI is InChI=1S/C7H13NOS/c9-7-3-8-6-1-2-10-4-5(6)7/h5-9H,1-4H2. The van der Waals surface area contributed by atoms with Gasteiger partial charge in [-0.05, 0) is 12.2 Å². The van der Waals surface area contributed by atoms with E-state index in [1.807, 2.05) is 11.8 Å². The van der Waals surface area contributed by atoms with Gasteiger partial charge in [0.15, 0.2) is 0 Å². The molecule has 0 amide bonds. The van der Waals surface area contributed by atoms with Crippen LogP contribution in [0.1, 0.15) is 6.42 Å². The zero-order chi connectivity index (χ0) is 6.97. The monoisotopic (exact) mass is 159 g/mol. The number of thioether (sulfide) groups is 1. The average molecular weight is 159 g/mol. The van der Waals surface area contributed by atoms with Gasteiger partial charge in [-0.2, -0.15) is 11.8 Å². The molecule has 58 valence electrons. The molecule has 0 saturated carbocycles. The third kappa shape index (κ3) is 1.06. The molecule has 0 aromatic carbocycles. The number of nitrogens with one attached hydrogen (secondary N) is 1. The number of rotatable bonds is 0. The van der Waals surface area contributed by atoms with Crippen LogP contribution in [0.25, 0.3) is 0 Å². The molecule has 2 N–H and O–H groups in total. The summed E-state index contributed by atoms with van der Waals surface area (Å²) in [5.74, 6) is 2.96. The number of aliphatic hydroxyl groups excluding tert-OH is 1. The molecule has 2 fully saturated rings. The predicted octanol–water partition coefficient (Wildman–Crippen LogP) is 0.0722. The fourth-order valence-corrected chi connectivity index (χ4v) is 3.13. The van der Waals surface area contributed by atoms with Gasteiger partial charge in [-0.25, -0.2) is 0 Å². The van der Waals surface area contributed by atoms with E-state index in [4.69, 9.17) is 0 Å². The van der Waals surface area contributed by atoms with E-state index in [1.54, 1.807) is 0 Å². The molecule has 3 unspecified atom stereocenters. The first-order chi connectivity index (χ1) is 4.88. The Morgan fingerprint density at radius 1 is 1.50 bits per heavy atom. The number of aliphatic hydroxyl groups is 1. The fraction of sp³-hybridized carbons (Fsp3) is 1.00. The lowest BCUT2D eigenvalue weighted by Gasteiger charge is -2.25. The summed E-state index contributed by atoms with van der Waals surface area (Å²) in [6.07, 6.45) is 1.17. The highest BCUT2D eigenvalue weighted by molar-refractivity contribution is 7.99. The van der Waals surface area contributed by atoms with Crippen molar-refractivity contribution in [2.24, 2.45) is 5.92 Å². The van der Waals surface area contributed by atoms with Gasteiger partial charge in [0.05, 0.1) is 6.10 Å². The highest BCUT2D eigenvalue weighted by atomic mass is 32.2. The summed E-state index contributed by atoms with van der Waals surface area (Å²) < 4.78 is 0. The third-order valence-corrected chi connectivity index (χ3v) is 3.63. The molecule has 2 nitrogen and oxygen atoms in total. The average Bonchev–Trinajstić information content (AvgIpc) is 2.34. The van der Waals surface area contributed by atoms with E-state index in [0.717, 1.165) is 12.3 Å². The molecule has 2 aliphatic heterocycles. The molecule has 0 bridgehead atoms. The van der Waals surface area contributed by atoms with Gasteiger partial charge in [0.2, 0.25) is 0 Å². The van der Waals surface area contributed by atoms with Crippen molar-refractivity contribution in [3.63, 3.8) is 0 Å². The molecule has 0 radical (unpaired) electrons. The molecule has 2 aliphatic rings. The Hall–Kier alpha value is 0.270. The smallest absolute Gasteiger partial charge is 0.0715 e. The van der Waals surface area contributed by atoms with E-state index < -0.39 is 0 Å². The lowest BCUT2D eigenvalue weighted by Crippen LogP contribution is -2.33. The van der Waals surface area contributed by atoms with Crippen LogP contribution in [0.4, 0.5) is 0 Å². The largest absolute Gasteiger partial charge is 0.391 e. The Morgan fingerprint density at radius 2 is 2.40 bits per heavy atom. The minimum Gasteiger partial charge on any atom is -0.391 e. The van der Waals surface area contributed by atoms with Gasteiger partial charge < -0.3 is 10.4 Å². The number of β-amino-alcohol motifs (C(OH)–C–C–N with tert-alkyl or cyclic N) is 1. The Morgan fingerprint density at radius 3 is 3.20 bits per heavy atom.